The molecule has 1 N–H and O–H groups in total. The molecule has 0 bridgehead atoms. The third-order valence-electron chi connectivity index (χ3n) is 4.69. The third kappa shape index (κ3) is 2.63. The number of anilines is 1. The summed E-state index contributed by atoms with van der Waals surface area (Å²) in [5.41, 5.74) is 1.43. The molecule has 0 saturated carbocycles. The Labute approximate surface area is 155 Å². The molecule has 3 amide bonds. The topological polar surface area (TPSA) is 86.8 Å². The van der Waals surface area contributed by atoms with Crippen molar-refractivity contribution in [2.45, 2.75) is 29.6 Å². The number of sulfonamides is 1. The van der Waals surface area contributed by atoms with Gasteiger partial charge in [0.05, 0.1) is 11.7 Å². The van der Waals surface area contributed by atoms with Crippen molar-refractivity contribution >= 4 is 39.0 Å². The molecule has 2 aliphatic heterocycles. The first-order valence-electron chi connectivity index (χ1n) is 8.16. The SMILES string of the molecule is Cc1ccc(N2C(=O)N[C@@H]3CCN(S(=O)(=O)c4cccs4)[C@@H]3C2=O)cc1. The van der Waals surface area contributed by atoms with Gasteiger partial charge in [-0.05, 0) is 36.9 Å². The zero-order valence-corrected chi connectivity index (χ0v) is 15.6. The van der Waals surface area contributed by atoms with Crippen molar-refractivity contribution in [1.29, 1.82) is 0 Å². The van der Waals surface area contributed by atoms with E-state index < -0.39 is 34.0 Å². The largest absolute Gasteiger partial charge is 0.332 e. The average Bonchev–Trinajstić information content (AvgIpc) is 3.26. The van der Waals surface area contributed by atoms with Gasteiger partial charge in [-0.2, -0.15) is 4.31 Å². The standard InChI is InChI=1S/C17H17N3O4S2/c1-11-4-6-12(7-5-11)20-16(21)15-13(18-17(20)22)8-9-19(15)26(23,24)14-3-2-10-25-14/h2-7,10,13,15H,8-9H2,1H3,(H,18,22)/t13-,15+/m1/s1. The van der Waals surface area contributed by atoms with Crippen LogP contribution in [0.1, 0.15) is 12.0 Å². The van der Waals surface area contributed by atoms with E-state index in [0.29, 0.717) is 12.1 Å². The highest BCUT2D eigenvalue weighted by Gasteiger charge is 2.52. The number of carbonyl (C=O) groups excluding carboxylic acids is 2. The van der Waals surface area contributed by atoms with Gasteiger partial charge in [-0.1, -0.05) is 23.8 Å². The summed E-state index contributed by atoms with van der Waals surface area (Å²) in [5.74, 6) is -0.514. The molecule has 0 spiro atoms. The van der Waals surface area contributed by atoms with Crippen LogP contribution < -0.4 is 10.2 Å². The Morgan fingerprint density at radius 1 is 1.15 bits per heavy atom. The summed E-state index contributed by atoms with van der Waals surface area (Å²) in [6, 6.07) is 8.20. The molecule has 2 aromatic rings. The van der Waals surface area contributed by atoms with Crippen molar-refractivity contribution in [2.24, 2.45) is 0 Å². The first-order chi connectivity index (χ1) is 12.4. The molecule has 4 rings (SSSR count). The molecule has 0 unspecified atom stereocenters. The van der Waals surface area contributed by atoms with Crippen LogP contribution in [0.25, 0.3) is 0 Å². The van der Waals surface area contributed by atoms with Crippen LogP contribution in [0.5, 0.6) is 0 Å². The number of imide groups is 1. The van der Waals surface area contributed by atoms with Crippen molar-refractivity contribution in [3.05, 3.63) is 47.3 Å². The van der Waals surface area contributed by atoms with Gasteiger partial charge >= 0.3 is 6.03 Å². The Hall–Kier alpha value is -2.23. The van der Waals surface area contributed by atoms with Crippen LogP contribution in [0.2, 0.25) is 0 Å². The maximum Gasteiger partial charge on any atom is 0.329 e. The molecule has 7 nitrogen and oxygen atoms in total. The number of hydrogen-bond donors (Lipinski definition) is 1. The lowest BCUT2D eigenvalue weighted by Crippen LogP contribution is -2.64. The van der Waals surface area contributed by atoms with Gasteiger partial charge in [-0.3, -0.25) is 4.79 Å². The molecule has 26 heavy (non-hydrogen) atoms. The summed E-state index contributed by atoms with van der Waals surface area (Å²) in [6.07, 6.45) is 0.411. The minimum absolute atomic E-state index is 0.198. The van der Waals surface area contributed by atoms with Gasteiger partial charge in [0.2, 0.25) is 0 Å². The fourth-order valence-electron chi connectivity index (χ4n) is 3.40. The Morgan fingerprint density at radius 2 is 1.88 bits per heavy atom. The number of carbonyl (C=O) groups is 2. The number of benzene rings is 1. The predicted octanol–water partition coefficient (Wildman–Crippen LogP) is 1.94. The number of amides is 3. The van der Waals surface area contributed by atoms with Crippen LogP contribution in [0.3, 0.4) is 0 Å². The van der Waals surface area contributed by atoms with Crippen molar-refractivity contribution in [2.75, 3.05) is 11.4 Å². The molecule has 1 aromatic carbocycles. The normalized spacial score (nSPS) is 23.8. The minimum Gasteiger partial charge on any atom is -0.332 e. The summed E-state index contributed by atoms with van der Waals surface area (Å²) in [4.78, 5) is 26.6. The van der Waals surface area contributed by atoms with Gasteiger partial charge in [-0.25, -0.2) is 18.1 Å². The van der Waals surface area contributed by atoms with Crippen molar-refractivity contribution in [1.82, 2.24) is 9.62 Å². The van der Waals surface area contributed by atoms with E-state index in [1.54, 1.807) is 35.7 Å². The van der Waals surface area contributed by atoms with E-state index in [9.17, 15) is 18.0 Å². The lowest BCUT2D eigenvalue weighted by atomic mass is 10.1. The molecule has 2 aliphatic rings. The highest BCUT2D eigenvalue weighted by Crippen LogP contribution is 2.33. The van der Waals surface area contributed by atoms with Gasteiger partial charge in [0.25, 0.3) is 15.9 Å². The molecule has 0 radical (unpaired) electrons. The second-order valence-electron chi connectivity index (χ2n) is 6.35. The first kappa shape index (κ1) is 17.2. The van der Waals surface area contributed by atoms with Gasteiger partial charge in [0.1, 0.15) is 10.3 Å². The third-order valence-corrected chi connectivity index (χ3v) is 7.94. The first-order valence-corrected chi connectivity index (χ1v) is 10.5. The zero-order valence-electron chi connectivity index (χ0n) is 14.0. The number of aryl methyl sites for hydroxylation is 1. The van der Waals surface area contributed by atoms with E-state index in [1.807, 2.05) is 6.92 Å². The molecule has 136 valence electrons. The Bertz CT molecular complexity index is 954. The Morgan fingerprint density at radius 3 is 2.54 bits per heavy atom. The van der Waals surface area contributed by atoms with Gasteiger partial charge in [0.15, 0.2) is 0 Å². The number of urea groups is 1. The van der Waals surface area contributed by atoms with Crippen LogP contribution in [-0.4, -0.2) is 43.3 Å². The highest BCUT2D eigenvalue weighted by atomic mass is 32.2. The van der Waals surface area contributed by atoms with Gasteiger partial charge in [-0.15, -0.1) is 11.3 Å². The summed E-state index contributed by atoms with van der Waals surface area (Å²) in [5, 5.41) is 4.47. The van der Waals surface area contributed by atoms with Gasteiger partial charge < -0.3 is 5.32 Å². The molecular formula is C17H17N3O4S2. The predicted molar refractivity (Wildman–Crippen MR) is 97.6 cm³/mol. The molecule has 2 saturated heterocycles. The molecule has 1 aromatic heterocycles. The minimum atomic E-state index is -3.78. The summed E-state index contributed by atoms with van der Waals surface area (Å²) >= 11 is 1.11. The van der Waals surface area contributed by atoms with Crippen molar-refractivity contribution < 1.29 is 18.0 Å². The highest BCUT2D eigenvalue weighted by molar-refractivity contribution is 7.91. The van der Waals surface area contributed by atoms with E-state index in [4.69, 9.17) is 0 Å². The summed E-state index contributed by atoms with van der Waals surface area (Å²) < 4.78 is 27.3. The van der Waals surface area contributed by atoms with Crippen LogP contribution in [0.15, 0.2) is 46.0 Å². The summed E-state index contributed by atoms with van der Waals surface area (Å²) in [6.45, 7) is 2.10. The van der Waals surface area contributed by atoms with E-state index in [-0.39, 0.29) is 10.8 Å². The fourth-order valence-corrected chi connectivity index (χ4v) is 6.15. The number of nitrogens with one attached hydrogen (secondary N) is 1. The molecule has 2 fully saturated rings. The number of thiophene rings is 1. The van der Waals surface area contributed by atoms with Crippen molar-refractivity contribution in [3.8, 4) is 0 Å². The molecular weight excluding hydrogens is 374 g/mol. The van der Waals surface area contributed by atoms with E-state index in [2.05, 4.69) is 5.32 Å². The molecule has 2 atom stereocenters. The zero-order chi connectivity index (χ0) is 18.5. The van der Waals surface area contributed by atoms with Crippen molar-refractivity contribution in [3.63, 3.8) is 0 Å². The number of hydrogen-bond acceptors (Lipinski definition) is 5. The van der Waals surface area contributed by atoms with Crippen LogP contribution in [0, 0.1) is 6.92 Å². The fraction of sp³-hybridized carbons (Fsp3) is 0.294. The van der Waals surface area contributed by atoms with Gasteiger partial charge in [0, 0.05) is 6.54 Å². The van der Waals surface area contributed by atoms with Crippen LogP contribution >= 0.6 is 11.3 Å². The van der Waals surface area contributed by atoms with Crippen LogP contribution in [0.4, 0.5) is 10.5 Å². The number of rotatable bonds is 3. The quantitative estimate of drug-likeness (QED) is 0.866. The van der Waals surface area contributed by atoms with E-state index >= 15 is 0 Å². The smallest absolute Gasteiger partial charge is 0.329 e. The second-order valence-corrected chi connectivity index (χ2v) is 9.41. The van der Waals surface area contributed by atoms with Crippen LogP contribution in [-0.2, 0) is 14.8 Å². The Kier molecular flexibility index (Phi) is 4.09. The average molecular weight is 391 g/mol. The van der Waals surface area contributed by atoms with E-state index in [1.165, 1.54) is 10.4 Å². The number of fused-ring (bicyclic) bond motifs is 1. The van der Waals surface area contributed by atoms with E-state index in [0.717, 1.165) is 21.8 Å². The second kappa shape index (κ2) is 6.19. The molecule has 3 heterocycles. The number of nitrogens with zero attached hydrogens (tertiary/aromatic N) is 2. The monoisotopic (exact) mass is 391 g/mol. The maximum absolute atomic E-state index is 13.1. The summed E-state index contributed by atoms with van der Waals surface area (Å²) in [7, 11) is -3.78. The maximum atomic E-state index is 13.1. The lowest BCUT2D eigenvalue weighted by molar-refractivity contribution is -0.122. The molecule has 9 heteroatoms. The Balaban J connectivity index is 1.71. The molecule has 0 aliphatic carbocycles. The lowest BCUT2D eigenvalue weighted by Gasteiger charge is -2.36.